The molecule has 2 rings (SSSR count). The van der Waals surface area contributed by atoms with Crippen molar-refractivity contribution in [3.63, 3.8) is 0 Å². The minimum absolute atomic E-state index is 0. The molecule has 1 saturated heterocycles. The first kappa shape index (κ1) is 24.4. The van der Waals surface area contributed by atoms with Crippen LogP contribution in [0, 0.1) is 0 Å². The fourth-order valence-corrected chi connectivity index (χ4v) is 3.33. The Morgan fingerprint density at radius 3 is 2.67 bits per heavy atom. The molecule has 0 aromatic heterocycles. The third-order valence-electron chi connectivity index (χ3n) is 4.32. The molecule has 154 valence electrons. The first-order valence-electron chi connectivity index (χ1n) is 9.25. The van der Waals surface area contributed by atoms with Gasteiger partial charge in [-0.25, -0.2) is 0 Å². The van der Waals surface area contributed by atoms with E-state index in [1.807, 2.05) is 18.2 Å². The van der Waals surface area contributed by atoms with Crippen LogP contribution in [0.3, 0.4) is 0 Å². The van der Waals surface area contributed by atoms with Crippen LogP contribution in [0.5, 0.6) is 0 Å². The summed E-state index contributed by atoms with van der Waals surface area (Å²) in [6.45, 7) is 9.45. The van der Waals surface area contributed by atoms with Crippen LogP contribution in [0.25, 0.3) is 0 Å². The molecule has 27 heavy (non-hydrogen) atoms. The molecule has 1 fully saturated rings. The molecular weight excluding hydrogens is 479 g/mol. The Labute approximate surface area is 185 Å². The standard InChI is InChI=1S/C19H31ClN4O2.HI/c1-4-21-19(23-15(2)14-25-3)22-13-18(24-9-11-26-12-10-24)16-7-5-6-8-17(16)20;/h5-8,15,18H,4,9-14H2,1-3H3,(H2,21,22,23);1H. The third-order valence-corrected chi connectivity index (χ3v) is 4.66. The lowest BCUT2D eigenvalue weighted by molar-refractivity contribution is 0.0180. The monoisotopic (exact) mass is 510 g/mol. The lowest BCUT2D eigenvalue weighted by Crippen LogP contribution is -2.45. The number of nitrogens with zero attached hydrogens (tertiary/aromatic N) is 2. The number of benzene rings is 1. The molecule has 1 aliphatic heterocycles. The van der Waals surface area contributed by atoms with Gasteiger partial charge in [0.05, 0.1) is 32.4 Å². The maximum atomic E-state index is 6.49. The van der Waals surface area contributed by atoms with Gasteiger partial charge in [-0.1, -0.05) is 29.8 Å². The molecule has 2 atom stereocenters. The van der Waals surface area contributed by atoms with Gasteiger partial charge in [0.1, 0.15) is 0 Å². The highest BCUT2D eigenvalue weighted by Gasteiger charge is 2.24. The van der Waals surface area contributed by atoms with Gasteiger partial charge in [0.15, 0.2) is 5.96 Å². The maximum absolute atomic E-state index is 6.49. The summed E-state index contributed by atoms with van der Waals surface area (Å²) in [4.78, 5) is 7.23. The highest BCUT2D eigenvalue weighted by Crippen LogP contribution is 2.28. The Balaban J connectivity index is 0.00000364. The first-order valence-corrected chi connectivity index (χ1v) is 9.63. The molecule has 1 aromatic rings. The average molecular weight is 511 g/mol. The molecule has 2 unspecified atom stereocenters. The summed E-state index contributed by atoms with van der Waals surface area (Å²) in [7, 11) is 1.70. The Morgan fingerprint density at radius 2 is 2.04 bits per heavy atom. The van der Waals surface area contributed by atoms with Crippen LogP contribution in [-0.2, 0) is 9.47 Å². The molecule has 1 heterocycles. The zero-order chi connectivity index (χ0) is 18.8. The minimum atomic E-state index is 0. The van der Waals surface area contributed by atoms with Gasteiger partial charge in [0, 0.05) is 37.8 Å². The van der Waals surface area contributed by atoms with E-state index in [1.54, 1.807) is 7.11 Å². The normalized spacial score (nSPS) is 17.7. The zero-order valence-corrected chi connectivity index (χ0v) is 19.5. The lowest BCUT2D eigenvalue weighted by atomic mass is 10.0. The van der Waals surface area contributed by atoms with Crippen molar-refractivity contribution in [1.29, 1.82) is 0 Å². The summed E-state index contributed by atoms with van der Waals surface area (Å²) < 4.78 is 10.7. The molecule has 0 saturated carbocycles. The molecule has 8 heteroatoms. The predicted octanol–water partition coefficient (Wildman–Crippen LogP) is 2.92. The van der Waals surface area contributed by atoms with Gasteiger partial charge in [-0.15, -0.1) is 24.0 Å². The summed E-state index contributed by atoms with van der Waals surface area (Å²) >= 11 is 6.49. The Hall–Kier alpha value is -0.610. The van der Waals surface area contributed by atoms with Crippen molar-refractivity contribution < 1.29 is 9.47 Å². The molecule has 0 aliphatic carbocycles. The van der Waals surface area contributed by atoms with Crippen LogP contribution in [0.4, 0.5) is 0 Å². The van der Waals surface area contributed by atoms with Gasteiger partial charge in [-0.05, 0) is 25.5 Å². The summed E-state index contributed by atoms with van der Waals surface area (Å²) in [6, 6.07) is 8.33. The van der Waals surface area contributed by atoms with Crippen LogP contribution in [0.1, 0.15) is 25.5 Å². The molecule has 6 nitrogen and oxygen atoms in total. The number of rotatable bonds is 8. The smallest absolute Gasteiger partial charge is 0.191 e. The van der Waals surface area contributed by atoms with E-state index in [2.05, 4.69) is 35.4 Å². The number of hydrogen-bond acceptors (Lipinski definition) is 4. The van der Waals surface area contributed by atoms with E-state index in [1.165, 1.54) is 0 Å². The van der Waals surface area contributed by atoms with Crippen LogP contribution < -0.4 is 10.6 Å². The van der Waals surface area contributed by atoms with Crippen molar-refractivity contribution in [2.75, 3.05) is 53.1 Å². The number of morpholine rings is 1. The van der Waals surface area contributed by atoms with Crippen molar-refractivity contribution >= 4 is 41.5 Å². The predicted molar refractivity (Wildman–Crippen MR) is 122 cm³/mol. The summed E-state index contributed by atoms with van der Waals surface area (Å²) in [6.07, 6.45) is 0. The van der Waals surface area contributed by atoms with Crippen LogP contribution in [-0.4, -0.2) is 70.0 Å². The number of hydrogen-bond donors (Lipinski definition) is 2. The van der Waals surface area contributed by atoms with Gasteiger partial charge in [0.25, 0.3) is 0 Å². The van der Waals surface area contributed by atoms with Gasteiger partial charge < -0.3 is 20.1 Å². The number of guanidine groups is 1. The number of halogens is 2. The van der Waals surface area contributed by atoms with Gasteiger partial charge in [-0.3, -0.25) is 9.89 Å². The minimum Gasteiger partial charge on any atom is -0.383 e. The summed E-state index contributed by atoms with van der Waals surface area (Å²) in [5, 5.41) is 7.47. The fourth-order valence-electron chi connectivity index (χ4n) is 3.07. The van der Waals surface area contributed by atoms with Crippen molar-refractivity contribution in [1.82, 2.24) is 15.5 Å². The third kappa shape index (κ3) is 8.11. The largest absolute Gasteiger partial charge is 0.383 e. The highest BCUT2D eigenvalue weighted by atomic mass is 127. The Kier molecular flexibility index (Phi) is 12.3. The molecule has 1 aliphatic rings. The highest BCUT2D eigenvalue weighted by molar-refractivity contribution is 14.0. The van der Waals surface area contributed by atoms with Crippen LogP contribution in [0.15, 0.2) is 29.3 Å². The van der Waals surface area contributed by atoms with E-state index in [9.17, 15) is 0 Å². The van der Waals surface area contributed by atoms with E-state index in [4.69, 9.17) is 26.1 Å². The Bertz CT molecular complexity index is 570. The second-order valence-corrected chi connectivity index (χ2v) is 6.81. The second kappa shape index (κ2) is 13.5. The zero-order valence-electron chi connectivity index (χ0n) is 16.4. The lowest BCUT2D eigenvalue weighted by Gasteiger charge is -2.34. The maximum Gasteiger partial charge on any atom is 0.191 e. The fraction of sp³-hybridized carbons (Fsp3) is 0.632. The van der Waals surface area contributed by atoms with E-state index < -0.39 is 0 Å². The first-order chi connectivity index (χ1) is 12.7. The second-order valence-electron chi connectivity index (χ2n) is 6.41. The van der Waals surface area contributed by atoms with Crippen molar-refractivity contribution in [2.45, 2.75) is 25.9 Å². The average Bonchev–Trinajstić information content (AvgIpc) is 2.64. The number of ether oxygens (including phenoxy) is 2. The molecule has 0 amide bonds. The van der Waals surface area contributed by atoms with E-state index in [0.29, 0.717) is 13.2 Å². The van der Waals surface area contributed by atoms with Crippen molar-refractivity contribution in [3.8, 4) is 0 Å². The van der Waals surface area contributed by atoms with E-state index >= 15 is 0 Å². The van der Waals surface area contributed by atoms with E-state index in [-0.39, 0.29) is 36.1 Å². The summed E-state index contributed by atoms with van der Waals surface area (Å²) in [5.41, 5.74) is 1.11. The topological polar surface area (TPSA) is 58.1 Å². The molecule has 1 aromatic carbocycles. The quantitative estimate of drug-likeness (QED) is 0.320. The van der Waals surface area contributed by atoms with Gasteiger partial charge in [-0.2, -0.15) is 0 Å². The molecule has 2 N–H and O–H groups in total. The molecule has 0 spiro atoms. The molecule has 0 radical (unpaired) electrons. The molecule has 0 bridgehead atoms. The number of methoxy groups -OCH3 is 1. The SMILES string of the molecule is CCNC(=NCC(c1ccccc1Cl)N1CCOCC1)NC(C)COC.I. The number of aliphatic imine (C=N–C) groups is 1. The van der Waals surface area contributed by atoms with Gasteiger partial charge >= 0.3 is 0 Å². The summed E-state index contributed by atoms with van der Waals surface area (Å²) in [5.74, 6) is 0.794. The van der Waals surface area contributed by atoms with Crippen LogP contribution >= 0.6 is 35.6 Å². The van der Waals surface area contributed by atoms with E-state index in [0.717, 1.165) is 49.4 Å². The van der Waals surface area contributed by atoms with Gasteiger partial charge in [0.2, 0.25) is 0 Å². The van der Waals surface area contributed by atoms with Crippen molar-refractivity contribution in [2.24, 2.45) is 4.99 Å². The molecular formula is C19H32ClIN4O2. The Morgan fingerprint density at radius 1 is 1.33 bits per heavy atom. The number of nitrogens with one attached hydrogen (secondary N) is 2. The van der Waals surface area contributed by atoms with Crippen molar-refractivity contribution in [3.05, 3.63) is 34.9 Å². The van der Waals surface area contributed by atoms with Crippen LogP contribution in [0.2, 0.25) is 5.02 Å².